The summed E-state index contributed by atoms with van der Waals surface area (Å²) in [6, 6.07) is 0. The van der Waals surface area contributed by atoms with Crippen LogP contribution in [0.3, 0.4) is 0 Å². The van der Waals surface area contributed by atoms with E-state index in [1.54, 1.807) is 6.20 Å². The fraction of sp³-hybridized carbons (Fsp3) is 0.214. The summed E-state index contributed by atoms with van der Waals surface area (Å²) in [5.41, 5.74) is 14.0. The maximum absolute atomic E-state index is 5.95. The van der Waals surface area contributed by atoms with Crippen molar-refractivity contribution in [2.24, 2.45) is 0 Å². The SMILES string of the molecule is C=C(C)c1cnc2c(c1Oc1cnc(N)nc1N)CCN2. The zero-order valence-corrected chi connectivity index (χ0v) is 11.7. The maximum atomic E-state index is 5.95. The fourth-order valence-electron chi connectivity index (χ4n) is 2.23. The largest absolute Gasteiger partial charge is 0.451 e. The highest BCUT2D eigenvalue weighted by molar-refractivity contribution is 5.73. The summed E-state index contributed by atoms with van der Waals surface area (Å²) in [6.07, 6.45) is 4.03. The third kappa shape index (κ3) is 2.33. The molecule has 3 heterocycles. The van der Waals surface area contributed by atoms with Crippen LogP contribution in [0, 0.1) is 0 Å². The number of nitrogens with two attached hydrogens (primary N) is 2. The van der Waals surface area contributed by atoms with Crippen LogP contribution in [0.2, 0.25) is 0 Å². The highest BCUT2D eigenvalue weighted by atomic mass is 16.5. The molecule has 0 radical (unpaired) electrons. The first-order chi connectivity index (χ1) is 10.1. The molecule has 7 nitrogen and oxygen atoms in total. The zero-order chi connectivity index (χ0) is 15.0. The molecule has 0 atom stereocenters. The predicted molar refractivity (Wildman–Crippen MR) is 82.1 cm³/mol. The number of allylic oxidation sites excluding steroid dienone is 1. The van der Waals surface area contributed by atoms with Crippen LogP contribution in [0.25, 0.3) is 5.57 Å². The van der Waals surface area contributed by atoms with Crippen LogP contribution >= 0.6 is 0 Å². The number of anilines is 3. The van der Waals surface area contributed by atoms with Crippen LogP contribution < -0.4 is 21.5 Å². The van der Waals surface area contributed by atoms with Crippen LogP contribution in [0.5, 0.6) is 11.5 Å². The zero-order valence-electron chi connectivity index (χ0n) is 11.7. The molecule has 21 heavy (non-hydrogen) atoms. The average Bonchev–Trinajstić information content (AvgIpc) is 2.90. The molecule has 3 rings (SSSR count). The van der Waals surface area contributed by atoms with Gasteiger partial charge in [0.2, 0.25) is 5.95 Å². The van der Waals surface area contributed by atoms with Gasteiger partial charge in [0, 0.05) is 23.9 Å². The minimum absolute atomic E-state index is 0.113. The molecule has 0 unspecified atom stereocenters. The van der Waals surface area contributed by atoms with Gasteiger partial charge in [0.25, 0.3) is 0 Å². The lowest BCUT2D eigenvalue weighted by Crippen LogP contribution is -2.03. The van der Waals surface area contributed by atoms with Gasteiger partial charge in [-0.3, -0.25) is 0 Å². The number of hydrogen-bond acceptors (Lipinski definition) is 7. The molecule has 0 saturated heterocycles. The number of aromatic nitrogens is 3. The van der Waals surface area contributed by atoms with Crippen LogP contribution in [0.1, 0.15) is 18.1 Å². The lowest BCUT2D eigenvalue weighted by molar-refractivity contribution is 0.474. The Bertz CT molecular complexity index is 728. The standard InChI is InChI=1S/C14H16N6O/c1-7(2)9-5-18-13-8(3-4-17-13)11(9)21-10-6-19-14(16)20-12(10)15/h5-6H,1,3-4H2,2H3,(H,17,18)(H4,15,16,19,20). The molecular formula is C14H16N6O. The Kier molecular flexibility index (Phi) is 3.09. The van der Waals surface area contributed by atoms with E-state index >= 15 is 0 Å². The minimum atomic E-state index is 0.113. The molecule has 108 valence electrons. The normalized spacial score (nSPS) is 12.6. The number of pyridine rings is 1. The summed E-state index contributed by atoms with van der Waals surface area (Å²) < 4.78 is 5.95. The predicted octanol–water partition coefficient (Wildman–Crippen LogP) is 1.83. The Morgan fingerprint density at radius 1 is 1.33 bits per heavy atom. The highest BCUT2D eigenvalue weighted by Gasteiger charge is 2.22. The van der Waals surface area contributed by atoms with E-state index in [1.807, 2.05) is 6.92 Å². The van der Waals surface area contributed by atoms with Crippen molar-refractivity contribution >= 4 is 23.2 Å². The van der Waals surface area contributed by atoms with Gasteiger partial charge in [-0.15, -0.1) is 0 Å². The summed E-state index contributed by atoms with van der Waals surface area (Å²) in [5.74, 6) is 2.20. The van der Waals surface area contributed by atoms with E-state index < -0.39 is 0 Å². The molecule has 1 aliphatic rings. The van der Waals surface area contributed by atoms with E-state index in [0.717, 1.165) is 35.5 Å². The van der Waals surface area contributed by atoms with Crippen molar-refractivity contribution in [3.8, 4) is 11.5 Å². The third-order valence-electron chi connectivity index (χ3n) is 3.27. The lowest BCUT2D eigenvalue weighted by Gasteiger charge is -2.15. The quantitative estimate of drug-likeness (QED) is 0.788. The Labute approximate surface area is 122 Å². The Morgan fingerprint density at radius 2 is 2.14 bits per heavy atom. The van der Waals surface area contributed by atoms with E-state index in [0.29, 0.717) is 11.5 Å². The van der Waals surface area contributed by atoms with E-state index in [2.05, 4.69) is 26.8 Å². The van der Waals surface area contributed by atoms with Crippen molar-refractivity contribution in [2.75, 3.05) is 23.3 Å². The van der Waals surface area contributed by atoms with Crippen LogP contribution in [-0.2, 0) is 6.42 Å². The van der Waals surface area contributed by atoms with Gasteiger partial charge in [-0.25, -0.2) is 9.97 Å². The number of nitrogens with zero attached hydrogens (tertiary/aromatic N) is 3. The van der Waals surface area contributed by atoms with Gasteiger partial charge in [0.1, 0.15) is 11.6 Å². The maximum Gasteiger partial charge on any atom is 0.222 e. The molecule has 2 aromatic heterocycles. The molecule has 0 aromatic carbocycles. The van der Waals surface area contributed by atoms with Gasteiger partial charge in [0.05, 0.1) is 6.20 Å². The molecule has 0 amide bonds. The van der Waals surface area contributed by atoms with Crippen molar-refractivity contribution in [3.05, 3.63) is 30.1 Å². The molecule has 5 N–H and O–H groups in total. The summed E-state index contributed by atoms with van der Waals surface area (Å²) in [4.78, 5) is 12.2. The van der Waals surface area contributed by atoms with Crippen molar-refractivity contribution in [1.82, 2.24) is 15.0 Å². The van der Waals surface area contributed by atoms with Crippen LogP contribution in [0.15, 0.2) is 19.0 Å². The topological polar surface area (TPSA) is 112 Å². The average molecular weight is 284 g/mol. The van der Waals surface area contributed by atoms with Crippen molar-refractivity contribution < 1.29 is 4.74 Å². The number of hydrogen-bond donors (Lipinski definition) is 3. The summed E-state index contributed by atoms with van der Waals surface area (Å²) in [7, 11) is 0. The summed E-state index contributed by atoms with van der Waals surface area (Å²) in [5, 5.41) is 3.21. The van der Waals surface area contributed by atoms with Crippen molar-refractivity contribution in [2.45, 2.75) is 13.3 Å². The number of nitrogens with one attached hydrogen (secondary N) is 1. The van der Waals surface area contributed by atoms with Gasteiger partial charge in [-0.2, -0.15) is 4.98 Å². The van der Waals surface area contributed by atoms with Gasteiger partial charge in [-0.05, 0) is 18.9 Å². The molecule has 0 saturated carbocycles. The van der Waals surface area contributed by atoms with Gasteiger partial charge in [0.15, 0.2) is 11.6 Å². The van der Waals surface area contributed by atoms with E-state index in [4.69, 9.17) is 16.2 Å². The van der Waals surface area contributed by atoms with Gasteiger partial charge >= 0.3 is 0 Å². The molecule has 0 aliphatic carbocycles. The monoisotopic (exact) mass is 284 g/mol. The second-order valence-electron chi connectivity index (χ2n) is 4.87. The second-order valence-corrected chi connectivity index (χ2v) is 4.87. The fourth-order valence-corrected chi connectivity index (χ4v) is 2.23. The van der Waals surface area contributed by atoms with Crippen LogP contribution in [-0.4, -0.2) is 21.5 Å². The van der Waals surface area contributed by atoms with Gasteiger partial charge < -0.3 is 21.5 Å². The molecule has 1 aliphatic heterocycles. The molecule has 0 spiro atoms. The highest BCUT2D eigenvalue weighted by Crippen LogP contribution is 2.39. The Hall–Kier alpha value is -2.83. The lowest BCUT2D eigenvalue weighted by atomic mass is 10.1. The smallest absolute Gasteiger partial charge is 0.222 e. The number of rotatable bonds is 3. The summed E-state index contributed by atoms with van der Waals surface area (Å²) >= 11 is 0. The molecule has 0 bridgehead atoms. The minimum Gasteiger partial charge on any atom is -0.451 e. The molecular weight excluding hydrogens is 268 g/mol. The number of fused-ring (bicyclic) bond motifs is 1. The second kappa shape index (κ2) is 4.93. The van der Waals surface area contributed by atoms with E-state index in [-0.39, 0.29) is 11.8 Å². The Balaban J connectivity index is 2.09. The third-order valence-corrected chi connectivity index (χ3v) is 3.27. The van der Waals surface area contributed by atoms with E-state index in [9.17, 15) is 0 Å². The summed E-state index contributed by atoms with van der Waals surface area (Å²) in [6.45, 7) is 6.70. The molecule has 7 heteroatoms. The first kappa shape index (κ1) is 13.2. The van der Waals surface area contributed by atoms with E-state index in [1.165, 1.54) is 6.20 Å². The van der Waals surface area contributed by atoms with Crippen LogP contribution in [0.4, 0.5) is 17.6 Å². The first-order valence-corrected chi connectivity index (χ1v) is 6.53. The van der Waals surface area contributed by atoms with Crippen molar-refractivity contribution in [3.63, 3.8) is 0 Å². The van der Waals surface area contributed by atoms with Crippen molar-refractivity contribution in [1.29, 1.82) is 0 Å². The number of ether oxygens (including phenoxy) is 1. The molecule has 2 aromatic rings. The molecule has 0 fully saturated rings. The Morgan fingerprint density at radius 3 is 2.86 bits per heavy atom. The number of nitrogen functional groups attached to an aromatic ring is 2. The van der Waals surface area contributed by atoms with Gasteiger partial charge in [-0.1, -0.05) is 6.58 Å². The first-order valence-electron chi connectivity index (χ1n) is 6.53.